The third-order valence-corrected chi connectivity index (χ3v) is 2.38. The molecule has 4 heteroatoms. The fourth-order valence-electron chi connectivity index (χ4n) is 0.938. The summed E-state index contributed by atoms with van der Waals surface area (Å²) < 4.78 is 0.639. The highest BCUT2D eigenvalue weighted by Gasteiger charge is 2.08. The number of benzene rings is 1. The standard InChI is InChI=1S/C8H9BrO3/c9-7-2-1-5(3-10)8(12)6(7)4-11/h1-2,10-12H,3-4H2. The van der Waals surface area contributed by atoms with Crippen LogP contribution in [0.2, 0.25) is 0 Å². The van der Waals surface area contributed by atoms with Gasteiger partial charge < -0.3 is 15.3 Å². The van der Waals surface area contributed by atoms with Crippen LogP contribution in [0, 0.1) is 0 Å². The zero-order chi connectivity index (χ0) is 9.14. The Kier molecular flexibility index (Phi) is 3.08. The maximum Gasteiger partial charge on any atom is 0.127 e. The number of aliphatic hydroxyl groups excluding tert-OH is 2. The van der Waals surface area contributed by atoms with E-state index in [9.17, 15) is 5.11 Å². The van der Waals surface area contributed by atoms with Crippen LogP contribution in [0.4, 0.5) is 0 Å². The molecule has 0 bridgehead atoms. The molecule has 0 heterocycles. The van der Waals surface area contributed by atoms with Crippen molar-refractivity contribution < 1.29 is 15.3 Å². The molecule has 0 aliphatic carbocycles. The predicted molar refractivity (Wildman–Crippen MR) is 47.7 cm³/mol. The third-order valence-electron chi connectivity index (χ3n) is 1.64. The Bertz CT molecular complexity index is 286. The van der Waals surface area contributed by atoms with E-state index in [0.29, 0.717) is 15.6 Å². The number of hydrogen-bond donors (Lipinski definition) is 3. The van der Waals surface area contributed by atoms with E-state index >= 15 is 0 Å². The molecule has 1 aromatic carbocycles. The van der Waals surface area contributed by atoms with Gasteiger partial charge in [0.1, 0.15) is 5.75 Å². The monoisotopic (exact) mass is 232 g/mol. The maximum absolute atomic E-state index is 9.42. The summed E-state index contributed by atoms with van der Waals surface area (Å²) in [4.78, 5) is 0. The van der Waals surface area contributed by atoms with Crippen LogP contribution in [0.15, 0.2) is 16.6 Å². The Morgan fingerprint density at radius 3 is 2.33 bits per heavy atom. The largest absolute Gasteiger partial charge is 0.507 e. The lowest BCUT2D eigenvalue weighted by atomic mass is 10.1. The smallest absolute Gasteiger partial charge is 0.127 e. The van der Waals surface area contributed by atoms with Gasteiger partial charge in [-0.25, -0.2) is 0 Å². The number of aliphatic hydroxyl groups is 2. The summed E-state index contributed by atoms with van der Waals surface area (Å²) in [5.41, 5.74) is 0.823. The van der Waals surface area contributed by atoms with E-state index in [1.54, 1.807) is 12.1 Å². The molecule has 0 unspecified atom stereocenters. The highest BCUT2D eigenvalue weighted by molar-refractivity contribution is 9.10. The van der Waals surface area contributed by atoms with Gasteiger partial charge in [0, 0.05) is 15.6 Å². The molecule has 12 heavy (non-hydrogen) atoms. The quantitative estimate of drug-likeness (QED) is 0.717. The van der Waals surface area contributed by atoms with Gasteiger partial charge in [0.15, 0.2) is 0 Å². The zero-order valence-corrected chi connectivity index (χ0v) is 7.87. The lowest BCUT2D eigenvalue weighted by Gasteiger charge is -2.07. The molecule has 0 aliphatic rings. The minimum Gasteiger partial charge on any atom is -0.507 e. The summed E-state index contributed by atoms with van der Waals surface area (Å²) in [6, 6.07) is 3.27. The molecular formula is C8H9BrO3. The van der Waals surface area contributed by atoms with Gasteiger partial charge >= 0.3 is 0 Å². The average Bonchev–Trinajstić information content (AvgIpc) is 2.06. The second-order valence-corrected chi connectivity index (χ2v) is 3.20. The van der Waals surface area contributed by atoms with Gasteiger partial charge in [-0.2, -0.15) is 0 Å². The predicted octanol–water partition coefficient (Wildman–Crippen LogP) is 1.14. The van der Waals surface area contributed by atoms with Gasteiger partial charge in [-0.15, -0.1) is 0 Å². The minimum atomic E-state index is -0.250. The van der Waals surface area contributed by atoms with Gasteiger partial charge in [0.2, 0.25) is 0 Å². The van der Waals surface area contributed by atoms with Gasteiger partial charge in [-0.1, -0.05) is 22.0 Å². The molecular weight excluding hydrogens is 224 g/mol. The van der Waals surface area contributed by atoms with Crippen molar-refractivity contribution in [3.05, 3.63) is 27.7 Å². The molecule has 0 fully saturated rings. The van der Waals surface area contributed by atoms with Crippen molar-refractivity contribution >= 4 is 15.9 Å². The van der Waals surface area contributed by atoms with E-state index in [-0.39, 0.29) is 19.0 Å². The second-order valence-electron chi connectivity index (χ2n) is 2.35. The van der Waals surface area contributed by atoms with Crippen molar-refractivity contribution in [3.8, 4) is 5.75 Å². The molecule has 1 aromatic rings. The minimum absolute atomic E-state index is 0.0469. The van der Waals surface area contributed by atoms with Crippen molar-refractivity contribution in [2.24, 2.45) is 0 Å². The molecule has 0 atom stereocenters. The van der Waals surface area contributed by atoms with Crippen molar-refractivity contribution in [2.45, 2.75) is 13.2 Å². The van der Waals surface area contributed by atoms with Crippen molar-refractivity contribution in [1.82, 2.24) is 0 Å². The van der Waals surface area contributed by atoms with Gasteiger partial charge in [0.05, 0.1) is 13.2 Å². The topological polar surface area (TPSA) is 60.7 Å². The molecule has 0 aromatic heterocycles. The average molecular weight is 233 g/mol. The van der Waals surface area contributed by atoms with Gasteiger partial charge in [0.25, 0.3) is 0 Å². The van der Waals surface area contributed by atoms with Crippen LogP contribution in [0.25, 0.3) is 0 Å². The third kappa shape index (κ3) is 1.60. The Morgan fingerprint density at radius 2 is 1.83 bits per heavy atom. The Morgan fingerprint density at radius 1 is 1.17 bits per heavy atom. The van der Waals surface area contributed by atoms with E-state index in [1.165, 1.54) is 0 Å². The maximum atomic E-state index is 9.42. The lowest BCUT2D eigenvalue weighted by molar-refractivity contribution is 0.263. The molecule has 1 rings (SSSR count). The summed E-state index contributed by atoms with van der Waals surface area (Å²) in [7, 11) is 0. The van der Waals surface area contributed by atoms with Gasteiger partial charge in [-0.3, -0.25) is 0 Å². The molecule has 0 saturated carbocycles. The highest BCUT2D eigenvalue weighted by atomic mass is 79.9. The van der Waals surface area contributed by atoms with Crippen molar-refractivity contribution in [3.63, 3.8) is 0 Å². The van der Waals surface area contributed by atoms with Crippen LogP contribution in [0.1, 0.15) is 11.1 Å². The normalized spacial score (nSPS) is 10.2. The fourth-order valence-corrected chi connectivity index (χ4v) is 1.38. The summed E-state index contributed by atoms with van der Waals surface area (Å²) in [6.07, 6.45) is 0. The summed E-state index contributed by atoms with van der Waals surface area (Å²) >= 11 is 3.17. The van der Waals surface area contributed by atoms with Crippen LogP contribution in [-0.2, 0) is 13.2 Å². The number of rotatable bonds is 2. The van der Waals surface area contributed by atoms with Crippen LogP contribution in [-0.4, -0.2) is 15.3 Å². The number of halogens is 1. The Balaban J connectivity index is 3.24. The van der Waals surface area contributed by atoms with Crippen LogP contribution >= 0.6 is 15.9 Å². The molecule has 66 valence electrons. The first-order chi connectivity index (χ1) is 5.70. The molecule has 3 nitrogen and oxygen atoms in total. The Labute approximate surface area is 78.4 Å². The van der Waals surface area contributed by atoms with Crippen molar-refractivity contribution in [1.29, 1.82) is 0 Å². The van der Waals surface area contributed by atoms with Gasteiger partial charge in [-0.05, 0) is 6.07 Å². The molecule has 3 N–H and O–H groups in total. The van der Waals surface area contributed by atoms with E-state index < -0.39 is 0 Å². The van der Waals surface area contributed by atoms with Crippen molar-refractivity contribution in [2.75, 3.05) is 0 Å². The first-order valence-electron chi connectivity index (χ1n) is 3.41. The second kappa shape index (κ2) is 3.89. The van der Waals surface area contributed by atoms with Crippen LogP contribution in [0.3, 0.4) is 0 Å². The molecule has 0 radical (unpaired) electrons. The highest BCUT2D eigenvalue weighted by Crippen LogP contribution is 2.29. The molecule has 0 saturated heterocycles. The van der Waals surface area contributed by atoms with E-state index in [4.69, 9.17) is 10.2 Å². The number of hydrogen-bond acceptors (Lipinski definition) is 3. The fraction of sp³-hybridized carbons (Fsp3) is 0.250. The van der Waals surface area contributed by atoms with E-state index in [1.807, 2.05) is 0 Å². The number of phenols is 1. The summed E-state index contributed by atoms with van der Waals surface area (Å²) in [5.74, 6) is -0.0469. The van der Waals surface area contributed by atoms with Crippen LogP contribution in [0.5, 0.6) is 5.75 Å². The molecule has 0 aliphatic heterocycles. The zero-order valence-electron chi connectivity index (χ0n) is 6.29. The first kappa shape index (κ1) is 9.51. The Hall–Kier alpha value is -0.580. The number of aromatic hydroxyl groups is 1. The lowest BCUT2D eigenvalue weighted by Crippen LogP contribution is -1.92. The summed E-state index contributed by atoms with van der Waals surface area (Å²) in [6.45, 7) is -0.480. The van der Waals surface area contributed by atoms with E-state index in [0.717, 1.165) is 0 Å². The van der Waals surface area contributed by atoms with Crippen LogP contribution < -0.4 is 0 Å². The first-order valence-corrected chi connectivity index (χ1v) is 4.21. The molecule has 0 spiro atoms. The van der Waals surface area contributed by atoms with E-state index in [2.05, 4.69) is 15.9 Å². The molecule has 0 amide bonds. The summed E-state index contributed by atoms with van der Waals surface area (Å²) in [5, 5.41) is 27.0. The SMILES string of the molecule is OCc1ccc(Br)c(CO)c1O.